The summed E-state index contributed by atoms with van der Waals surface area (Å²) in [6.07, 6.45) is 3.84. The predicted molar refractivity (Wildman–Crippen MR) is 68.3 cm³/mol. The van der Waals surface area contributed by atoms with Crippen LogP contribution in [-0.2, 0) is 6.42 Å². The number of ether oxygens (including phenoxy) is 1. The lowest BCUT2D eigenvalue weighted by molar-refractivity contribution is 0.157. The van der Waals surface area contributed by atoms with Gasteiger partial charge in [0, 0.05) is 12.4 Å². The van der Waals surface area contributed by atoms with E-state index in [0.717, 1.165) is 6.42 Å². The van der Waals surface area contributed by atoms with Crippen molar-refractivity contribution < 1.29 is 9.84 Å². The van der Waals surface area contributed by atoms with Crippen molar-refractivity contribution >= 4 is 0 Å². The average molecular weight is 244 g/mol. The van der Waals surface area contributed by atoms with Gasteiger partial charge in [-0.2, -0.15) is 0 Å². The van der Waals surface area contributed by atoms with E-state index in [1.165, 1.54) is 12.7 Å². The minimum Gasteiger partial charge on any atom is -0.480 e. The van der Waals surface area contributed by atoms with Gasteiger partial charge in [-0.25, -0.2) is 4.98 Å². The van der Waals surface area contributed by atoms with E-state index >= 15 is 0 Å². The molecule has 1 aromatic carbocycles. The fourth-order valence-electron chi connectivity index (χ4n) is 1.81. The number of benzene rings is 1. The Morgan fingerprint density at radius 2 is 1.89 bits per heavy atom. The Morgan fingerprint density at radius 3 is 2.61 bits per heavy atom. The van der Waals surface area contributed by atoms with Crippen LogP contribution in [0.5, 0.6) is 5.88 Å². The maximum atomic E-state index is 10.1. The highest BCUT2D eigenvalue weighted by molar-refractivity contribution is 5.20. The molecule has 1 atom stereocenters. The molecule has 0 amide bonds. The first kappa shape index (κ1) is 12.5. The van der Waals surface area contributed by atoms with Crippen molar-refractivity contribution in [3.63, 3.8) is 0 Å². The van der Waals surface area contributed by atoms with E-state index in [1.807, 2.05) is 30.3 Å². The van der Waals surface area contributed by atoms with E-state index in [0.29, 0.717) is 18.0 Å². The molecule has 0 saturated heterocycles. The summed E-state index contributed by atoms with van der Waals surface area (Å²) in [6.45, 7) is 0. The van der Waals surface area contributed by atoms with Crippen molar-refractivity contribution in [3.8, 4) is 5.88 Å². The zero-order valence-electron chi connectivity index (χ0n) is 10.3. The van der Waals surface area contributed by atoms with Crippen LogP contribution in [0.15, 0.2) is 42.7 Å². The highest BCUT2D eigenvalue weighted by Gasteiger charge is 2.15. The van der Waals surface area contributed by atoms with Gasteiger partial charge in [-0.15, -0.1) is 0 Å². The Balaban J connectivity index is 2.01. The molecule has 1 N–H and O–H groups in total. The summed E-state index contributed by atoms with van der Waals surface area (Å²) in [4.78, 5) is 8.15. The lowest BCUT2D eigenvalue weighted by Gasteiger charge is -2.12. The van der Waals surface area contributed by atoms with Gasteiger partial charge in [-0.3, -0.25) is 4.98 Å². The zero-order chi connectivity index (χ0) is 12.8. The maximum absolute atomic E-state index is 10.1. The highest BCUT2D eigenvalue weighted by Crippen LogP contribution is 2.23. The molecular formula is C14H16N2O2. The number of aliphatic hydroxyl groups excluding tert-OH is 1. The maximum Gasteiger partial charge on any atom is 0.238 e. The second-order valence-corrected chi connectivity index (χ2v) is 3.99. The van der Waals surface area contributed by atoms with Crippen molar-refractivity contribution in [2.45, 2.75) is 18.9 Å². The van der Waals surface area contributed by atoms with Gasteiger partial charge in [-0.1, -0.05) is 30.3 Å². The van der Waals surface area contributed by atoms with E-state index in [1.54, 1.807) is 12.4 Å². The first-order valence-corrected chi connectivity index (χ1v) is 5.88. The standard InChI is InChI=1S/C14H16N2O2/c1-18-14-13(15-9-10-16-14)12(17)8-7-11-5-3-2-4-6-11/h2-6,9-10,12,17H,7-8H2,1H3. The SMILES string of the molecule is COc1nccnc1C(O)CCc1ccccc1. The Morgan fingerprint density at radius 1 is 1.17 bits per heavy atom. The van der Waals surface area contributed by atoms with Gasteiger partial charge in [0.05, 0.1) is 7.11 Å². The van der Waals surface area contributed by atoms with Crippen molar-refractivity contribution in [2.24, 2.45) is 0 Å². The van der Waals surface area contributed by atoms with Crippen LogP contribution in [0.2, 0.25) is 0 Å². The Hall–Kier alpha value is -1.94. The summed E-state index contributed by atoms with van der Waals surface area (Å²) in [7, 11) is 1.53. The van der Waals surface area contributed by atoms with Crippen LogP contribution in [0.1, 0.15) is 23.8 Å². The predicted octanol–water partition coefficient (Wildman–Crippen LogP) is 2.15. The van der Waals surface area contributed by atoms with Crippen molar-refractivity contribution in [2.75, 3.05) is 7.11 Å². The minimum absolute atomic E-state index is 0.387. The van der Waals surface area contributed by atoms with E-state index < -0.39 is 6.10 Å². The lowest BCUT2D eigenvalue weighted by Crippen LogP contribution is -2.06. The van der Waals surface area contributed by atoms with Crippen molar-refractivity contribution in [3.05, 3.63) is 54.0 Å². The number of hydrogen-bond acceptors (Lipinski definition) is 4. The number of hydrogen-bond donors (Lipinski definition) is 1. The highest BCUT2D eigenvalue weighted by atomic mass is 16.5. The van der Waals surface area contributed by atoms with Gasteiger partial charge in [0.2, 0.25) is 5.88 Å². The smallest absolute Gasteiger partial charge is 0.238 e. The topological polar surface area (TPSA) is 55.2 Å². The fraction of sp³-hybridized carbons (Fsp3) is 0.286. The number of aromatic nitrogens is 2. The van der Waals surface area contributed by atoms with Crippen molar-refractivity contribution in [1.82, 2.24) is 9.97 Å². The van der Waals surface area contributed by atoms with Gasteiger partial charge >= 0.3 is 0 Å². The molecule has 4 nitrogen and oxygen atoms in total. The Bertz CT molecular complexity index is 488. The van der Waals surface area contributed by atoms with Gasteiger partial charge in [0.1, 0.15) is 11.8 Å². The Kier molecular flexibility index (Phi) is 4.25. The summed E-state index contributed by atoms with van der Waals surface area (Å²) in [5.41, 5.74) is 1.69. The largest absolute Gasteiger partial charge is 0.480 e. The summed E-state index contributed by atoms with van der Waals surface area (Å²) in [5.74, 6) is 0.387. The number of rotatable bonds is 5. The third kappa shape index (κ3) is 3.05. The summed E-state index contributed by atoms with van der Waals surface area (Å²) >= 11 is 0. The van der Waals surface area contributed by atoms with E-state index in [4.69, 9.17) is 4.74 Å². The third-order valence-corrected chi connectivity index (χ3v) is 2.75. The molecule has 0 saturated carbocycles. The molecule has 94 valence electrons. The third-order valence-electron chi connectivity index (χ3n) is 2.75. The Labute approximate surface area is 106 Å². The fourth-order valence-corrected chi connectivity index (χ4v) is 1.81. The van der Waals surface area contributed by atoms with Crippen LogP contribution in [-0.4, -0.2) is 22.2 Å². The molecule has 2 aromatic rings. The molecule has 18 heavy (non-hydrogen) atoms. The summed E-state index contributed by atoms with van der Waals surface area (Å²) < 4.78 is 5.08. The molecule has 1 heterocycles. The molecule has 4 heteroatoms. The number of methoxy groups -OCH3 is 1. The molecule has 0 aliphatic rings. The monoisotopic (exact) mass is 244 g/mol. The second kappa shape index (κ2) is 6.12. The normalized spacial score (nSPS) is 12.1. The average Bonchev–Trinajstić information content (AvgIpc) is 2.45. The van der Waals surface area contributed by atoms with E-state index in [9.17, 15) is 5.11 Å². The van der Waals surface area contributed by atoms with E-state index in [2.05, 4.69) is 9.97 Å². The number of aryl methyl sites for hydroxylation is 1. The quantitative estimate of drug-likeness (QED) is 0.875. The first-order chi connectivity index (χ1) is 8.81. The molecule has 0 aliphatic heterocycles. The zero-order valence-corrected chi connectivity index (χ0v) is 10.3. The van der Waals surface area contributed by atoms with Crippen LogP contribution in [0.3, 0.4) is 0 Å². The molecule has 0 radical (unpaired) electrons. The molecule has 0 aliphatic carbocycles. The first-order valence-electron chi connectivity index (χ1n) is 5.88. The summed E-state index contributed by atoms with van der Waals surface area (Å²) in [5, 5.41) is 10.1. The van der Waals surface area contributed by atoms with Crippen LogP contribution in [0, 0.1) is 0 Å². The van der Waals surface area contributed by atoms with Gasteiger partial charge in [-0.05, 0) is 18.4 Å². The van der Waals surface area contributed by atoms with Gasteiger partial charge in [0.15, 0.2) is 0 Å². The molecule has 0 bridgehead atoms. The second-order valence-electron chi connectivity index (χ2n) is 3.99. The molecule has 2 rings (SSSR count). The number of nitrogens with zero attached hydrogens (tertiary/aromatic N) is 2. The molecular weight excluding hydrogens is 228 g/mol. The minimum atomic E-state index is -0.658. The number of aliphatic hydroxyl groups is 1. The molecule has 1 unspecified atom stereocenters. The van der Waals surface area contributed by atoms with Crippen LogP contribution < -0.4 is 4.74 Å². The summed E-state index contributed by atoms with van der Waals surface area (Å²) in [6, 6.07) is 10.0. The molecule has 0 spiro atoms. The van der Waals surface area contributed by atoms with Crippen LogP contribution in [0.25, 0.3) is 0 Å². The van der Waals surface area contributed by atoms with Crippen molar-refractivity contribution in [1.29, 1.82) is 0 Å². The van der Waals surface area contributed by atoms with Crippen LogP contribution in [0.4, 0.5) is 0 Å². The van der Waals surface area contributed by atoms with Gasteiger partial charge in [0.25, 0.3) is 0 Å². The molecule has 1 aromatic heterocycles. The van der Waals surface area contributed by atoms with E-state index in [-0.39, 0.29) is 0 Å². The van der Waals surface area contributed by atoms with Crippen LogP contribution >= 0.6 is 0 Å². The lowest BCUT2D eigenvalue weighted by atomic mass is 10.1. The van der Waals surface area contributed by atoms with Gasteiger partial charge < -0.3 is 9.84 Å². The molecule has 0 fully saturated rings.